The molecule has 0 aliphatic heterocycles. The molecule has 0 fully saturated rings. The highest BCUT2D eigenvalue weighted by Gasteiger charge is 2.29. The SMILES string of the molecule is Nc1ncccc1C1(O)C=CCCC1. The smallest absolute Gasteiger partial charge is 0.129 e. The van der Waals surface area contributed by atoms with Gasteiger partial charge in [0.25, 0.3) is 0 Å². The molecular weight excluding hydrogens is 176 g/mol. The van der Waals surface area contributed by atoms with E-state index in [9.17, 15) is 5.11 Å². The fraction of sp³-hybridized carbons (Fsp3) is 0.364. The Kier molecular flexibility index (Phi) is 2.25. The van der Waals surface area contributed by atoms with E-state index in [1.54, 1.807) is 12.3 Å². The molecule has 3 heteroatoms. The van der Waals surface area contributed by atoms with Gasteiger partial charge in [-0.15, -0.1) is 0 Å². The fourth-order valence-corrected chi connectivity index (χ4v) is 1.86. The summed E-state index contributed by atoms with van der Waals surface area (Å²) in [6.45, 7) is 0. The van der Waals surface area contributed by atoms with Crippen LogP contribution >= 0.6 is 0 Å². The summed E-state index contributed by atoms with van der Waals surface area (Å²) in [5, 5.41) is 10.3. The van der Waals surface area contributed by atoms with Crippen molar-refractivity contribution in [3.8, 4) is 0 Å². The minimum absolute atomic E-state index is 0.418. The maximum atomic E-state index is 10.3. The monoisotopic (exact) mass is 190 g/mol. The van der Waals surface area contributed by atoms with Gasteiger partial charge in [0.1, 0.15) is 11.4 Å². The first-order valence-corrected chi connectivity index (χ1v) is 4.83. The highest BCUT2D eigenvalue weighted by Crippen LogP contribution is 2.34. The number of nitrogens with zero attached hydrogens (tertiary/aromatic N) is 1. The van der Waals surface area contributed by atoms with Gasteiger partial charge >= 0.3 is 0 Å². The molecule has 1 heterocycles. The second kappa shape index (κ2) is 3.42. The standard InChI is InChI=1S/C11H14N2O/c12-10-9(5-4-8-13-10)11(14)6-2-1-3-7-11/h2,4-6,8,14H,1,3,7H2,(H2,12,13). The zero-order chi connectivity index (χ0) is 10.0. The fourth-order valence-electron chi connectivity index (χ4n) is 1.86. The van der Waals surface area contributed by atoms with E-state index >= 15 is 0 Å². The Balaban J connectivity index is 2.43. The van der Waals surface area contributed by atoms with Crippen molar-refractivity contribution in [1.29, 1.82) is 0 Å². The normalized spacial score (nSPS) is 26.4. The van der Waals surface area contributed by atoms with E-state index in [1.807, 2.05) is 18.2 Å². The number of anilines is 1. The van der Waals surface area contributed by atoms with E-state index in [1.165, 1.54) is 0 Å². The minimum atomic E-state index is -0.906. The number of hydrogen-bond donors (Lipinski definition) is 2. The molecule has 0 radical (unpaired) electrons. The topological polar surface area (TPSA) is 59.1 Å². The molecule has 14 heavy (non-hydrogen) atoms. The van der Waals surface area contributed by atoms with E-state index < -0.39 is 5.60 Å². The van der Waals surface area contributed by atoms with Crippen molar-refractivity contribution in [2.24, 2.45) is 0 Å². The van der Waals surface area contributed by atoms with Gasteiger partial charge in [-0.2, -0.15) is 0 Å². The van der Waals surface area contributed by atoms with Crippen molar-refractivity contribution in [3.05, 3.63) is 36.0 Å². The molecule has 0 spiro atoms. The summed E-state index contributed by atoms with van der Waals surface area (Å²) in [5.74, 6) is 0.418. The molecule has 1 aliphatic carbocycles. The Hall–Kier alpha value is -1.35. The molecule has 0 saturated carbocycles. The van der Waals surface area contributed by atoms with Crippen molar-refractivity contribution < 1.29 is 5.11 Å². The molecule has 2 rings (SSSR count). The van der Waals surface area contributed by atoms with Gasteiger partial charge in [0, 0.05) is 11.8 Å². The van der Waals surface area contributed by atoms with Gasteiger partial charge in [0.05, 0.1) is 0 Å². The Morgan fingerprint density at radius 2 is 2.36 bits per heavy atom. The first kappa shape index (κ1) is 9.21. The van der Waals surface area contributed by atoms with Crippen LogP contribution in [0.2, 0.25) is 0 Å². The number of nitrogen functional groups attached to an aromatic ring is 1. The Bertz CT molecular complexity index is 362. The number of hydrogen-bond acceptors (Lipinski definition) is 3. The van der Waals surface area contributed by atoms with Gasteiger partial charge in [-0.1, -0.05) is 18.2 Å². The van der Waals surface area contributed by atoms with E-state index in [4.69, 9.17) is 5.73 Å². The van der Waals surface area contributed by atoms with Crippen LogP contribution in [0.1, 0.15) is 24.8 Å². The van der Waals surface area contributed by atoms with Crippen LogP contribution in [0.5, 0.6) is 0 Å². The van der Waals surface area contributed by atoms with Crippen LogP contribution in [-0.2, 0) is 5.60 Å². The quantitative estimate of drug-likeness (QED) is 0.661. The summed E-state index contributed by atoms with van der Waals surface area (Å²) >= 11 is 0. The zero-order valence-corrected chi connectivity index (χ0v) is 7.98. The van der Waals surface area contributed by atoms with E-state index in [0.29, 0.717) is 5.82 Å². The van der Waals surface area contributed by atoms with Crippen LogP contribution in [0.3, 0.4) is 0 Å². The van der Waals surface area contributed by atoms with Gasteiger partial charge < -0.3 is 10.8 Å². The summed E-state index contributed by atoms with van der Waals surface area (Å²) < 4.78 is 0. The molecule has 1 unspecified atom stereocenters. The average Bonchev–Trinajstić information content (AvgIpc) is 2.19. The molecule has 0 saturated heterocycles. The largest absolute Gasteiger partial charge is 0.383 e. The molecule has 74 valence electrons. The van der Waals surface area contributed by atoms with Crippen LogP contribution in [0.15, 0.2) is 30.5 Å². The second-order valence-corrected chi connectivity index (χ2v) is 3.66. The number of rotatable bonds is 1. The third-order valence-corrected chi connectivity index (χ3v) is 2.63. The molecule has 1 aromatic heterocycles. The van der Waals surface area contributed by atoms with Gasteiger partial charge in [-0.3, -0.25) is 0 Å². The zero-order valence-electron chi connectivity index (χ0n) is 7.98. The molecule has 1 aromatic rings. The van der Waals surface area contributed by atoms with Crippen molar-refractivity contribution in [1.82, 2.24) is 4.98 Å². The minimum Gasteiger partial charge on any atom is -0.383 e. The van der Waals surface area contributed by atoms with E-state index in [-0.39, 0.29) is 0 Å². The molecule has 0 aromatic carbocycles. The Morgan fingerprint density at radius 1 is 1.50 bits per heavy atom. The number of pyridine rings is 1. The maximum absolute atomic E-state index is 10.3. The van der Waals surface area contributed by atoms with Crippen molar-refractivity contribution in [3.63, 3.8) is 0 Å². The van der Waals surface area contributed by atoms with Crippen LogP contribution < -0.4 is 5.73 Å². The predicted molar refractivity (Wildman–Crippen MR) is 55.5 cm³/mol. The molecule has 1 atom stereocenters. The van der Waals surface area contributed by atoms with Crippen LogP contribution in [0, 0.1) is 0 Å². The lowest BCUT2D eigenvalue weighted by Crippen LogP contribution is -2.26. The Labute approximate surface area is 83.3 Å². The average molecular weight is 190 g/mol. The summed E-state index contributed by atoms with van der Waals surface area (Å²) in [5.41, 5.74) is 5.54. The summed E-state index contributed by atoms with van der Waals surface area (Å²) in [6.07, 6.45) is 8.19. The molecule has 3 nitrogen and oxygen atoms in total. The number of allylic oxidation sites excluding steroid dienone is 1. The van der Waals surface area contributed by atoms with Gasteiger partial charge in [-0.05, 0) is 25.3 Å². The number of aliphatic hydroxyl groups is 1. The lowest BCUT2D eigenvalue weighted by atomic mass is 9.85. The number of aromatic nitrogens is 1. The molecule has 0 bridgehead atoms. The third kappa shape index (κ3) is 1.51. The van der Waals surface area contributed by atoms with E-state index in [0.717, 1.165) is 24.8 Å². The first-order chi connectivity index (χ1) is 6.72. The number of nitrogens with two attached hydrogens (primary N) is 1. The molecule has 3 N–H and O–H groups in total. The Morgan fingerprint density at radius 3 is 3.00 bits per heavy atom. The van der Waals surface area contributed by atoms with Gasteiger partial charge in [0.2, 0.25) is 0 Å². The lowest BCUT2D eigenvalue weighted by Gasteiger charge is -2.28. The summed E-state index contributed by atoms with van der Waals surface area (Å²) in [4.78, 5) is 3.98. The van der Waals surface area contributed by atoms with Crippen LogP contribution in [0.4, 0.5) is 5.82 Å². The van der Waals surface area contributed by atoms with Gasteiger partial charge in [0.15, 0.2) is 0 Å². The van der Waals surface area contributed by atoms with Crippen LogP contribution in [0.25, 0.3) is 0 Å². The van der Waals surface area contributed by atoms with Gasteiger partial charge in [-0.25, -0.2) is 4.98 Å². The lowest BCUT2D eigenvalue weighted by molar-refractivity contribution is 0.0731. The van der Waals surface area contributed by atoms with E-state index in [2.05, 4.69) is 4.98 Å². The summed E-state index contributed by atoms with van der Waals surface area (Å²) in [7, 11) is 0. The maximum Gasteiger partial charge on any atom is 0.129 e. The highest BCUT2D eigenvalue weighted by atomic mass is 16.3. The highest BCUT2D eigenvalue weighted by molar-refractivity contribution is 5.45. The predicted octanol–water partition coefficient (Wildman–Crippen LogP) is 1.59. The molecule has 0 amide bonds. The molecular formula is C11H14N2O. The van der Waals surface area contributed by atoms with Crippen LogP contribution in [-0.4, -0.2) is 10.1 Å². The third-order valence-electron chi connectivity index (χ3n) is 2.63. The van der Waals surface area contributed by atoms with Crippen molar-refractivity contribution >= 4 is 5.82 Å². The van der Waals surface area contributed by atoms with Crippen molar-refractivity contribution in [2.45, 2.75) is 24.9 Å². The summed E-state index contributed by atoms with van der Waals surface area (Å²) in [6, 6.07) is 3.63. The van der Waals surface area contributed by atoms with Crippen molar-refractivity contribution in [2.75, 3.05) is 5.73 Å². The first-order valence-electron chi connectivity index (χ1n) is 4.83. The second-order valence-electron chi connectivity index (χ2n) is 3.66. The molecule has 1 aliphatic rings.